The van der Waals surface area contributed by atoms with E-state index in [1.807, 2.05) is 38.1 Å². The van der Waals surface area contributed by atoms with E-state index >= 15 is 0 Å². The minimum atomic E-state index is -0.0411. The van der Waals surface area contributed by atoms with E-state index in [0.29, 0.717) is 12.1 Å². The molecule has 1 aliphatic heterocycles. The third-order valence-electron chi connectivity index (χ3n) is 5.69. The maximum Gasteiger partial charge on any atom is 0.251 e. The van der Waals surface area contributed by atoms with Crippen LogP contribution in [0.1, 0.15) is 36.7 Å². The fourth-order valence-electron chi connectivity index (χ4n) is 3.86. The highest BCUT2D eigenvalue weighted by atomic mass is 32.1. The number of ether oxygens (including phenoxy) is 1. The van der Waals surface area contributed by atoms with E-state index in [1.54, 1.807) is 11.3 Å². The van der Waals surface area contributed by atoms with Gasteiger partial charge < -0.3 is 15.0 Å². The summed E-state index contributed by atoms with van der Waals surface area (Å²) in [5.41, 5.74) is 3.11. The van der Waals surface area contributed by atoms with Crippen molar-refractivity contribution in [3.8, 4) is 5.75 Å². The summed E-state index contributed by atoms with van der Waals surface area (Å²) in [7, 11) is 0. The lowest BCUT2D eigenvalue weighted by Gasteiger charge is -2.34. The number of fused-ring (bicyclic) bond motifs is 1. The van der Waals surface area contributed by atoms with Crippen LogP contribution in [0.2, 0.25) is 0 Å². The van der Waals surface area contributed by atoms with Crippen LogP contribution in [-0.4, -0.2) is 61.2 Å². The number of amides is 1. The molecule has 2 heterocycles. The first-order valence-electron chi connectivity index (χ1n) is 11.4. The van der Waals surface area contributed by atoms with Crippen LogP contribution in [0.4, 0.5) is 5.13 Å². The quantitative estimate of drug-likeness (QED) is 0.555. The fourth-order valence-corrected chi connectivity index (χ4v) is 4.94. The zero-order chi connectivity index (χ0) is 22.5. The van der Waals surface area contributed by atoms with Crippen molar-refractivity contribution in [1.82, 2.24) is 15.2 Å². The van der Waals surface area contributed by atoms with Gasteiger partial charge in [-0.05, 0) is 62.2 Å². The van der Waals surface area contributed by atoms with Gasteiger partial charge in [0.05, 0.1) is 16.3 Å². The van der Waals surface area contributed by atoms with Crippen molar-refractivity contribution >= 4 is 32.6 Å². The van der Waals surface area contributed by atoms with Gasteiger partial charge in [-0.15, -0.1) is 0 Å². The van der Waals surface area contributed by atoms with Crippen LogP contribution >= 0.6 is 11.3 Å². The Labute approximate surface area is 194 Å². The van der Waals surface area contributed by atoms with E-state index in [1.165, 1.54) is 10.3 Å². The van der Waals surface area contributed by atoms with E-state index in [4.69, 9.17) is 9.72 Å². The molecular formula is C25H32N4O2S. The van der Waals surface area contributed by atoms with E-state index in [2.05, 4.69) is 40.2 Å². The number of carbonyl (C=O) groups excluding carboxylic acids is 1. The maximum atomic E-state index is 12.4. The molecule has 0 saturated carbocycles. The first-order valence-corrected chi connectivity index (χ1v) is 12.2. The minimum absolute atomic E-state index is 0.0411. The van der Waals surface area contributed by atoms with Crippen molar-refractivity contribution in [2.45, 2.75) is 33.3 Å². The van der Waals surface area contributed by atoms with Gasteiger partial charge in [0.15, 0.2) is 5.13 Å². The molecule has 0 radical (unpaired) electrons. The molecule has 0 aliphatic carbocycles. The second-order valence-electron chi connectivity index (χ2n) is 8.43. The van der Waals surface area contributed by atoms with E-state index in [9.17, 15) is 4.79 Å². The SMILES string of the molecule is CCc1ccc2nc(N3CCN(CCNC(=O)c4ccc(OC(C)C)cc4)CC3)sc2c1. The maximum absolute atomic E-state index is 12.4. The molecule has 1 fully saturated rings. The van der Waals surface area contributed by atoms with Crippen molar-refractivity contribution in [2.75, 3.05) is 44.2 Å². The lowest BCUT2D eigenvalue weighted by molar-refractivity contribution is 0.0947. The Hall–Kier alpha value is -2.64. The fraction of sp³-hybridized carbons (Fsp3) is 0.440. The zero-order valence-corrected chi connectivity index (χ0v) is 20.0. The number of nitrogens with one attached hydrogen (secondary N) is 1. The molecule has 170 valence electrons. The van der Waals surface area contributed by atoms with Crippen molar-refractivity contribution in [3.05, 3.63) is 53.6 Å². The lowest BCUT2D eigenvalue weighted by atomic mass is 10.2. The van der Waals surface area contributed by atoms with E-state index in [-0.39, 0.29) is 12.0 Å². The number of hydrogen-bond donors (Lipinski definition) is 1. The summed E-state index contributed by atoms with van der Waals surface area (Å²) < 4.78 is 6.90. The van der Waals surface area contributed by atoms with Crippen molar-refractivity contribution < 1.29 is 9.53 Å². The Balaban J connectivity index is 1.22. The highest BCUT2D eigenvalue weighted by molar-refractivity contribution is 7.22. The Morgan fingerprint density at radius 3 is 2.56 bits per heavy atom. The molecule has 4 rings (SSSR count). The number of anilines is 1. The van der Waals surface area contributed by atoms with Crippen LogP contribution in [0, 0.1) is 0 Å². The molecule has 2 aromatic carbocycles. The summed E-state index contributed by atoms with van der Waals surface area (Å²) in [6.45, 7) is 11.5. The monoisotopic (exact) mass is 452 g/mol. The van der Waals surface area contributed by atoms with Gasteiger partial charge >= 0.3 is 0 Å². The van der Waals surface area contributed by atoms with Crippen molar-refractivity contribution in [1.29, 1.82) is 0 Å². The topological polar surface area (TPSA) is 57.7 Å². The normalized spacial score (nSPS) is 14.8. The van der Waals surface area contributed by atoms with Gasteiger partial charge in [0, 0.05) is 44.8 Å². The van der Waals surface area contributed by atoms with Gasteiger partial charge in [0.25, 0.3) is 5.91 Å². The Morgan fingerprint density at radius 1 is 1.12 bits per heavy atom. The predicted molar refractivity (Wildman–Crippen MR) is 132 cm³/mol. The predicted octanol–water partition coefficient (Wildman–Crippen LogP) is 4.20. The first-order chi connectivity index (χ1) is 15.5. The summed E-state index contributed by atoms with van der Waals surface area (Å²) >= 11 is 1.79. The van der Waals surface area contributed by atoms with Gasteiger partial charge in [-0.25, -0.2) is 4.98 Å². The summed E-state index contributed by atoms with van der Waals surface area (Å²) in [5.74, 6) is 0.744. The molecule has 0 spiro atoms. The average molecular weight is 453 g/mol. The van der Waals surface area contributed by atoms with Crippen LogP contribution in [-0.2, 0) is 6.42 Å². The molecule has 3 aromatic rings. The van der Waals surface area contributed by atoms with Crippen LogP contribution in [0.3, 0.4) is 0 Å². The molecular weight excluding hydrogens is 420 g/mol. The second kappa shape index (κ2) is 10.3. The van der Waals surface area contributed by atoms with Gasteiger partial charge in [-0.1, -0.05) is 24.3 Å². The van der Waals surface area contributed by atoms with Crippen LogP contribution in [0.25, 0.3) is 10.2 Å². The number of hydrogen-bond acceptors (Lipinski definition) is 6. The molecule has 1 amide bonds. The summed E-state index contributed by atoms with van der Waals surface area (Å²) in [6, 6.07) is 13.9. The van der Waals surface area contributed by atoms with Crippen molar-refractivity contribution in [3.63, 3.8) is 0 Å². The number of benzene rings is 2. The Morgan fingerprint density at radius 2 is 1.88 bits per heavy atom. The molecule has 1 N–H and O–H groups in total. The third kappa shape index (κ3) is 5.58. The molecule has 32 heavy (non-hydrogen) atoms. The summed E-state index contributed by atoms with van der Waals surface area (Å²) in [4.78, 5) is 22.0. The van der Waals surface area contributed by atoms with Crippen LogP contribution < -0.4 is 15.0 Å². The largest absolute Gasteiger partial charge is 0.491 e. The standard InChI is InChI=1S/C25H32N4O2S/c1-4-19-5-10-22-23(17-19)32-25(27-22)29-15-13-28(14-16-29)12-11-26-24(30)20-6-8-21(9-7-20)31-18(2)3/h5-10,17-18H,4,11-16H2,1-3H3,(H,26,30). The number of aryl methyl sites for hydroxylation is 1. The Bertz CT molecular complexity index is 1040. The number of thiazole rings is 1. The van der Waals surface area contributed by atoms with Crippen molar-refractivity contribution in [2.24, 2.45) is 0 Å². The lowest BCUT2D eigenvalue weighted by Crippen LogP contribution is -2.48. The number of carbonyl (C=O) groups is 1. The molecule has 0 atom stereocenters. The highest BCUT2D eigenvalue weighted by Gasteiger charge is 2.20. The molecule has 6 nitrogen and oxygen atoms in total. The zero-order valence-electron chi connectivity index (χ0n) is 19.1. The molecule has 0 unspecified atom stereocenters. The average Bonchev–Trinajstić information content (AvgIpc) is 3.23. The number of aromatic nitrogens is 1. The smallest absolute Gasteiger partial charge is 0.251 e. The molecule has 1 aliphatic rings. The number of piperazine rings is 1. The summed E-state index contributed by atoms with van der Waals surface area (Å²) in [5, 5.41) is 4.15. The molecule has 1 aromatic heterocycles. The van der Waals surface area contributed by atoms with Crippen LogP contribution in [0.5, 0.6) is 5.75 Å². The third-order valence-corrected chi connectivity index (χ3v) is 6.77. The first kappa shape index (κ1) is 22.6. The molecule has 7 heteroatoms. The van der Waals surface area contributed by atoms with Gasteiger partial charge in [0.1, 0.15) is 5.75 Å². The van der Waals surface area contributed by atoms with Gasteiger partial charge in [0.2, 0.25) is 0 Å². The Kier molecular flexibility index (Phi) is 7.27. The number of rotatable bonds is 8. The van der Waals surface area contributed by atoms with E-state index < -0.39 is 0 Å². The van der Waals surface area contributed by atoms with Gasteiger partial charge in [-0.2, -0.15) is 0 Å². The van der Waals surface area contributed by atoms with Crippen LogP contribution in [0.15, 0.2) is 42.5 Å². The summed E-state index contributed by atoms with van der Waals surface area (Å²) in [6.07, 6.45) is 1.18. The van der Waals surface area contributed by atoms with Gasteiger partial charge in [-0.3, -0.25) is 9.69 Å². The van der Waals surface area contributed by atoms with E-state index in [0.717, 1.165) is 55.5 Å². The molecule has 0 bridgehead atoms. The highest BCUT2D eigenvalue weighted by Crippen LogP contribution is 2.30. The minimum Gasteiger partial charge on any atom is -0.491 e. The number of nitrogens with zero attached hydrogens (tertiary/aromatic N) is 3. The molecule has 1 saturated heterocycles. The second-order valence-corrected chi connectivity index (χ2v) is 9.44.